The quantitative estimate of drug-likeness (QED) is 0.645. The first-order chi connectivity index (χ1) is 10.4. The second-order valence-electron chi connectivity index (χ2n) is 9.07. The van der Waals surface area contributed by atoms with Crippen molar-refractivity contribution >= 4 is 11.6 Å². The van der Waals surface area contributed by atoms with Crippen molar-refractivity contribution in [3.8, 4) is 0 Å². The van der Waals surface area contributed by atoms with Gasteiger partial charge >= 0.3 is 0 Å². The molecule has 4 saturated carbocycles. The van der Waals surface area contributed by atoms with E-state index in [1.54, 1.807) is 0 Å². The Bertz CT molecular complexity index is 583. The molecule has 0 amide bonds. The van der Waals surface area contributed by atoms with E-state index in [0.717, 1.165) is 38.5 Å². The summed E-state index contributed by atoms with van der Waals surface area (Å²) in [6.07, 6.45) is 8.17. The van der Waals surface area contributed by atoms with Crippen molar-refractivity contribution in [3.05, 3.63) is 0 Å². The molecule has 0 N–H and O–H groups in total. The molecule has 0 radical (unpaired) electrons. The van der Waals surface area contributed by atoms with E-state index in [1.807, 2.05) is 0 Å². The van der Waals surface area contributed by atoms with E-state index < -0.39 is 5.60 Å². The van der Waals surface area contributed by atoms with Crippen molar-refractivity contribution in [3.63, 3.8) is 0 Å². The van der Waals surface area contributed by atoms with Crippen LogP contribution in [0.25, 0.3) is 0 Å². The maximum Gasteiger partial charge on any atom is 0.168 e. The van der Waals surface area contributed by atoms with Gasteiger partial charge in [-0.2, -0.15) is 0 Å². The third-order valence-electron chi connectivity index (χ3n) is 8.54. The Morgan fingerprint density at radius 1 is 1.00 bits per heavy atom. The van der Waals surface area contributed by atoms with Crippen molar-refractivity contribution in [1.82, 2.24) is 0 Å². The molecule has 5 aliphatic rings. The Hall–Kier alpha value is -0.700. The third kappa shape index (κ3) is 1.27. The predicted molar refractivity (Wildman–Crippen MR) is 81.2 cm³/mol. The first kappa shape index (κ1) is 13.7. The molecule has 3 nitrogen and oxygen atoms in total. The molecule has 120 valence electrons. The number of ketones is 2. The largest absolute Gasteiger partial charge is 0.357 e. The number of hydrogen-bond donors (Lipinski definition) is 0. The molecular formula is C19H26O3. The van der Waals surface area contributed by atoms with E-state index in [0.29, 0.717) is 35.7 Å². The SMILES string of the molecule is C[C@]12CC[C@H]3[C@@H](CC(=O)[C@]45O[C@H]4CCC[C@]35C)C1CCC2=O. The van der Waals surface area contributed by atoms with Crippen LogP contribution in [0.3, 0.4) is 0 Å². The zero-order valence-corrected chi connectivity index (χ0v) is 13.7. The monoisotopic (exact) mass is 302 g/mol. The van der Waals surface area contributed by atoms with Gasteiger partial charge in [-0.25, -0.2) is 0 Å². The van der Waals surface area contributed by atoms with Gasteiger partial charge in [-0.15, -0.1) is 0 Å². The average molecular weight is 302 g/mol. The van der Waals surface area contributed by atoms with Crippen molar-refractivity contribution in [2.45, 2.75) is 76.9 Å². The summed E-state index contributed by atoms with van der Waals surface area (Å²) in [6.45, 7) is 4.51. The Balaban J connectivity index is 1.57. The number of Topliss-reactive ketones (excluding diaryl/α,β-unsaturated/α-hetero) is 2. The molecule has 0 aromatic rings. The minimum atomic E-state index is -0.428. The minimum Gasteiger partial charge on any atom is -0.357 e. The van der Waals surface area contributed by atoms with Crippen molar-refractivity contribution in [1.29, 1.82) is 0 Å². The van der Waals surface area contributed by atoms with Gasteiger partial charge in [0.15, 0.2) is 11.4 Å². The molecule has 1 heterocycles. The van der Waals surface area contributed by atoms with Gasteiger partial charge < -0.3 is 4.74 Å². The van der Waals surface area contributed by atoms with Crippen LogP contribution >= 0.6 is 0 Å². The maximum absolute atomic E-state index is 13.0. The fourth-order valence-corrected chi connectivity index (χ4v) is 7.32. The van der Waals surface area contributed by atoms with Crippen LogP contribution in [0.4, 0.5) is 0 Å². The zero-order valence-electron chi connectivity index (χ0n) is 13.7. The molecule has 0 bridgehead atoms. The Kier molecular flexibility index (Phi) is 2.40. The standard InChI is InChI=1S/C19H26O3/c1-17-9-7-13-11(12(17)5-6-14(17)20)10-15(21)19-16(22-19)4-3-8-18(13,19)2/h11-13,16H,3-10H2,1-2H3/t11-,12?,13-,16-,17-,18+,19-/m0/s1. The zero-order chi connectivity index (χ0) is 15.3. The molecule has 22 heavy (non-hydrogen) atoms. The molecule has 1 spiro atoms. The molecule has 5 rings (SSSR count). The molecule has 1 saturated heterocycles. The Morgan fingerprint density at radius 3 is 2.64 bits per heavy atom. The minimum absolute atomic E-state index is 0.0306. The number of fused-ring (bicyclic) bond motifs is 4. The topological polar surface area (TPSA) is 46.7 Å². The lowest BCUT2D eigenvalue weighted by molar-refractivity contribution is -0.156. The number of epoxide rings is 1. The summed E-state index contributed by atoms with van der Waals surface area (Å²) in [5, 5.41) is 0. The summed E-state index contributed by atoms with van der Waals surface area (Å²) >= 11 is 0. The van der Waals surface area contributed by atoms with Gasteiger partial charge in [0.25, 0.3) is 0 Å². The lowest BCUT2D eigenvalue weighted by Crippen LogP contribution is -2.61. The van der Waals surface area contributed by atoms with E-state index in [2.05, 4.69) is 13.8 Å². The molecule has 5 fully saturated rings. The highest BCUT2D eigenvalue weighted by molar-refractivity contribution is 5.94. The lowest BCUT2D eigenvalue weighted by atomic mass is 9.45. The highest BCUT2D eigenvalue weighted by atomic mass is 16.6. The van der Waals surface area contributed by atoms with Crippen LogP contribution in [-0.4, -0.2) is 23.3 Å². The first-order valence-corrected chi connectivity index (χ1v) is 9.18. The van der Waals surface area contributed by atoms with E-state index in [4.69, 9.17) is 4.74 Å². The van der Waals surface area contributed by atoms with E-state index in [-0.39, 0.29) is 16.9 Å². The van der Waals surface area contributed by atoms with E-state index >= 15 is 0 Å². The van der Waals surface area contributed by atoms with Crippen molar-refractivity contribution in [2.75, 3.05) is 0 Å². The summed E-state index contributed by atoms with van der Waals surface area (Å²) in [5.74, 6) is 2.27. The summed E-state index contributed by atoms with van der Waals surface area (Å²) in [6, 6.07) is 0. The summed E-state index contributed by atoms with van der Waals surface area (Å²) < 4.78 is 6.07. The second kappa shape index (κ2) is 3.85. The fourth-order valence-electron chi connectivity index (χ4n) is 7.32. The lowest BCUT2D eigenvalue weighted by Gasteiger charge is -2.57. The van der Waals surface area contributed by atoms with Gasteiger partial charge in [-0.1, -0.05) is 20.3 Å². The van der Waals surface area contributed by atoms with Crippen LogP contribution in [0.1, 0.15) is 65.2 Å². The summed E-state index contributed by atoms with van der Waals surface area (Å²) in [5.41, 5.74) is -0.535. The van der Waals surface area contributed by atoms with Crippen molar-refractivity contribution < 1.29 is 14.3 Å². The fraction of sp³-hybridized carbons (Fsp3) is 0.895. The molecule has 1 aliphatic heterocycles. The number of hydrogen-bond acceptors (Lipinski definition) is 3. The van der Waals surface area contributed by atoms with Gasteiger partial charge in [-0.05, 0) is 49.9 Å². The van der Waals surface area contributed by atoms with Gasteiger partial charge in [0, 0.05) is 23.7 Å². The maximum atomic E-state index is 13.0. The van der Waals surface area contributed by atoms with Crippen LogP contribution in [0.15, 0.2) is 0 Å². The van der Waals surface area contributed by atoms with Crippen LogP contribution in [0.5, 0.6) is 0 Å². The van der Waals surface area contributed by atoms with Crippen LogP contribution in [0.2, 0.25) is 0 Å². The first-order valence-electron chi connectivity index (χ1n) is 9.18. The molecule has 1 unspecified atom stereocenters. The molecule has 7 atom stereocenters. The average Bonchev–Trinajstić information content (AvgIpc) is 3.15. The molecular weight excluding hydrogens is 276 g/mol. The summed E-state index contributed by atoms with van der Waals surface area (Å²) in [4.78, 5) is 25.4. The highest BCUT2D eigenvalue weighted by Gasteiger charge is 2.78. The smallest absolute Gasteiger partial charge is 0.168 e. The molecule has 4 aliphatic carbocycles. The van der Waals surface area contributed by atoms with Gasteiger partial charge in [-0.3, -0.25) is 9.59 Å². The Labute approximate surface area is 132 Å². The number of carbonyl (C=O) groups excluding carboxylic acids is 2. The van der Waals surface area contributed by atoms with Crippen LogP contribution < -0.4 is 0 Å². The molecule has 0 aromatic heterocycles. The van der Waals surface area contributed by atoms with E-state index in [9.17, 15) is 9.59 Å². The number of rotatable bonds is 0. The number of ether oxygens (including phenoxy) is 1. The second-order valence-corrected chi connectivity index (χ2v) is 9.07. The molecule has 3 heteroatoms. The molecule has 0 aromatic carbocycles. The highest BCUT2D eigenvalue weighted by Crippen LogP contribution is 2.71. The number of carbonyl (C=O) groups is 2. The van der Waals surface area contributed by atoms with Crippen LogP contribution in [-0.2, 0) is 14.3 Å². The third-order valence-corrected chi connectivity index (χ3v) is 8.54. The van der Waals surface area contributed by atoms with Gasteiger partial charge in [0.05, 0.1) is 6.10 Å². The normalized spacial score (nSPS) is 59.4. The van der Waals surface area contributed by atoms with Crippen LogP contribution in [0, 0.1) is 28.6 Å². The predicted octanol–water partition coefficient (Wildman–Crippen LogP) is 3.30. The Morgan fingerprint density at radius 2 is 1.82 bits per heavy atom. The van der Waals surface area contributed by atoms with Crippen molar-refractivity contribution in [2.24, 2.45) is 28.6 Å². The van der Waals surface area contributed by atoms with Gasteiger partial charge in [0.1, 0.15) is 5.78 Å². The van der Waals surface area contributed by atoms with E-state index in [1.165, 1.54) is 6.42 Å². The summed E-state index contributed by atoms with van der Waals surface area (Å²) in [7, 11) is 0. The van der Waals surface area contributed by atoms with Gasteiger partial charge in [0.2, 0.25) is 0 Å².